The van der Waals surface area contributed by atoms with Gasteiger partial charge in [-0.15, -0.1) is 0 Å². The molecule has 0 radical (unpaired) electrons. The minimum atomic E-state index is 0.932. The van der Waals surface area contributed by atoms with Crippen LogP contribution in [0.15, 0.2) is 11.6 Å². The van der Waals surface area contributed by atoms with Gasteiger partial charge >= 0.3 is 0 Å². The van der Waals surface area contributed by atoms with E-state index in [1.54, 1.807) is 5.57 Å². The number of nitrogens with one attached hydrogen (secondary N) is 1. The van der Waals surface area contributed by atoms with Crippen LogP contribution in [0.2, 0.25) is 0 Å². The first kappa shape index (κ1) is 9.26. The Morgan fingerprint density at radius 2 is 2.31 bits per heavy atom. The molecule has 0 unspecified atom stereocenters. The van der Waals surface area contributed by atoms with Gasteiger partial charge in [-0.2, -0.15) is 0 Å². The summed E-state index contributed by atoms with van der Waals surface area (Å²) in [4.78, 5) is 0. The molecular weight excluding hydrogens is 158 g/mol. The third-order valence-electron chi connectivity index (χ3n) is 3.36. The van der Waals surface area contributed by atoms with Crippen molar-refractivity contribution >= 4 is 0 Å². The molecule has 0 saturated carbocycles. The molecule has 2 rings (SSSR count). The Kier molecular flexibility index (Phi) is 3.05. The fourth-order valence-electron chi connectivity index (χ4n) is 2.44. The molecule has 0 aromatic heterocycles. The lowest BCUT2D eigenvalue weighted by atomic mass is 9.89. The van der Waals surface area contributed by atoms with Gasteiger partial charge in [0.2, 0.25) is 0 Å². The molecule has 74 valence electrons. The first-order valence-corrected chi connectivity index (χ1v) is 5.73. The van der Waals surface area contributed by atoms with E-state index in [1.165, 1.54) is 45.2 Å². The first-order valence-electron chi connectivity index (χ1n) is 5.73. The van der Waals surface area contributed by atoms with Gasteiger partial charge < -0.3 is 5.32 Å². The van der Waals surface area contributed by atoms with Crippen LogP contribution in [0.3, 0.4) is 0 Å². The zero-order valence-electron chi connectivity index (χ0n) is 8.68. The lowest BCUT2D eigenvalue weighted by Gasteiger charge is -2.28. The maximum atomic E-state index is 3.35. The van der Waals surface area contributed by atoms with Crippen molar-refractivity contribution in [1.29, 1.82) is 0 Å². The fraction of sp³-hybridized carbons (Fsp3) is 0.833. The molecule has 2 aliphatic rings. The molecule has 0 aromatic carbocycles. The van der Waals surface area contributed by atoms with Crippen LogP contribution >= 0.6 is 0 Å². The molecule has 1 fully saturated rings. The molecule has 1 aliphatic heterocycles. The molecule has 0 bridgehead atoms. The average molecular weight is 179 g/mol. The lowest BCUT2D eigenvalue weighted by Crippen LogP contribution is -2.42. The summed E-state index contributed by atoms with van der Waals surface area (Å²) in [5, 5.41) is 3.35. The van der Waals surface area contributed by atoms with E-state index in [9.17, 15) is 0 Å². The molecule has 0 aromatic rings. The predicted molar refractivity (Wildman–Crippen MR) is 56.7 cm³/mol. The van der Waals surface area contributed by atoms with Crippen molar-refractivity contribution in [2.75, 3.05) is 13.1 Å². The Labute approximate surface area is 81.6 Å². The van der Waals surface area contributed by atoms with E-state index in [4.69, 9.17) is 0 Å². The standard InChI is InChI=1S/C12H21N/c1-10-4-2-3-5-11(6-10)7-12-8-13-9-12/h5,10,12-13H,2-4,6-9H2,1H3/t10-/m1/s1. The largest absolute Gasteiger partial charge is 0.316 e. The summed E-state index contributed by atoms with van der Waals surface area (Å²) in [5.74, 6) is 1.89. The Bertz CT molecular complexity index is 191. The highest BCUT2D eigenvalue weighted by molar-refractivity contribution is 5.07. The van der Waals surface area contributed by atoms with E-state index < -0.39 is 0 Å². The predicted octanol–water partition coefficient (Wildman–Crippen LogP) is 2.73. The second kappa shape index (κ2) is 4.28. The molecule has 1 saturated heterocycles. The first-order chi connectivity index (χ1) is 6.34. The summed E-state index contributed by atoms with van der Waals surface area (Å²) in [6.07, 6.45) is 9.44. The van der Waals surface area contributed by atoms with Gasteiger partial charge in [-0.05, 0) is 50.6 Å². The second-order valence-electron chi connectivity index (χ2n) is 4.83. The van der Waals surface area contributed by atoms with Gasteiger partial charge in [-0.1, -0.05) is 25.0 Å². The molecule has 1 heteroatoms. The van der Waals surface area contributed by atoms with Crippen LogP contribution in [0.25, 0.3) is 0 Å². The topological polar surface area (TPSA) is 12.0 Å². The van der Waals surface area contributed by atoms with Gasteiger partial charge in [0.15, 0.2) is 0 Å². The third kappa shape index (κ3) is 2.57. The van der Waals surface area contributed by atoms with Gasteiger partial charge in [0.05, 0.1) is 0 Å². The molecule has 13 heavy (non-hydrogen) atoms. The Balaban J connectivity index is 1.84. The minimum Gasteiger partial charge on any atom is -0.316 e. The van der Waals surface area contributed by atoms with E-state index in [1.807, 2.05) is 0 Å². The van der Waals surface area contributed by atoms with Crippen LogP contribution in [0.5, 0.6) is 0 Å². The Morgan fingerprint density at radius 3 is 3.00 bits per heavy atom. The molecule has 1 heterocycles. The van der Waals surface area contributed by atoms with E-state index >= 15 is 0 Å². The number of rotatable bonds is 2. The van der Waals surface area contributed by atoms with Crippen molar-refractivity contribution in [3.8, 4) is 0 Å². The molecule has 0 spiro atoms. The van der Waals surface area contributed by atoms with E-state index in [2.05, 4.69) is 18.3 Å². The Morgan fingerprint density at radius 1 is 1.46 bits per heavy atom. The van der Waals surface area contributed by atoms with E-state index in [0.29, 0.717) is 0 Å². The number of hydrogen-bond acceptors (Lipinski definition) is 1. The van der Waals surface area contributed by atoms with Crippen LogP contribution in [-0.4, -0.2) is 13.1 Å². The number of hydrogen-bond donors (Lipinski definition) is 1. The summed E-state index contributed by atoms with van der Waals surface area (Å²) in [5.41, 5.74) is 1.75. The maximum absolute atomic E-state index is 3.35. The molecule has 1 nitrogen and oxygen atoms in total. The summed E-state index contributed by atoms with van der Waals surface area (Å²) in [6, 6.07) is 0. The molecule has 0 amide bonds. The number of allylic oxidation sites excluding steroid dienone is 2. The second-order valence-corrected chi connectivity index (χ2v) is 4.83. The third-order valence-corrected chi connectivity index (χ3v) is 3.36. The highest BCUT2D eigenvalue weighted by Crippen LogP contribution is 2.27. The van der Waals surface area contributed by atoms with Crippen molar-refractivity contribution in [1.82, 2.24) is 5.32 Å². The summed E-state index contributed by atoms with van der Waals surface area (Å²) in [7, 11) is 0. The van der Waals surface area contributed by atoms with Gasteiger partial charge in [0, 0.05) is 0 Å². The van der Waals surface area contributed by atoms with Gasteiger partial charge in [-0.3, -0.25) is 0 Å². The van der Waals surface area contributed by atoms with Gasteiger partial charge in [0.1, 0.15) is 0 Å². The SMILES string of the molecule is C[C@@H]1CCCC=C(CC2CNC2)C1. The average Bonchev–Trinajstić information content (AvgIpc) is 2.22. The van der Waals surface area contributed by atoms with Crippen molar-refractivity contribution in [2.45, 2.75) is 39.0 Å². The normalized spacial score (nSPS) is 30.5. The zero-order valence-corrected chi connectivity index (χ0v) is 8.68. The highest BCUT2D eigenvalue weighted by atomic mass is 14.9. The minimum absolute atomic E-state index is 0.932. The summed E-state index contributed by atoms with van der Waals surface area (Å²) < 4.78 is 0. The van der Waals surface area contributed by atoms with E-state index in [0.717, 1.165) is 11.8 Å². The fourth-order valence-corrected chi connectivity index (χ4v) is 2.44. The quantitative estimate of drug-likeness (QED) is 0.643. The van der Waals surface area contributed by atoms with Crippen LogP contribution < -0.4 is 5.32 Å². The Hall–Kier alpha value is -0.300. The molecule has 1 atom stereocenters. The lowest BCUT2D eigenvalue weighted by molar-refractivity contribution is 0.339. The van der Waals surface area contributed by atoms with Gasteiger partial charge in [-0.25, -0.2) is 0 Å². The van der Waals surface area contributed by atoms with Crippen LogP contribution in [0.4, 0.5) is 0 Å². The smallest absolute Gasteiger partial charge is 0.000518 e. The maximum Gasteiger partial charge on any atom is -0.000518 e. The van der Waals surface area contributed by atoms with Crippen molar-refractivity contribution < 1.29 is 0 Å². The van der Waals surface area contributed by atoms with Gasteiger partial charge in [0.25, 0.3) is 0 Å². The van der Waals surface area contributed by atoms with Crippen molar-refractivity contribution in [3.05, 3.63) is 11.6 Å². The monoisotopic (exact) mass is 179 g/mol. The molecule has 1 aliphatic carbocycles. The molecular formula is C12H21N. The van der Waals surface area contributed by atoms with Crippen molar-refractivity contribution in [3.63, 3.8) is 0 Å². The molecule has 1 N–H and O–H groups in total. The summed E-state index contributed by atoms with van der Waals surface area (Å²) in [6.45, 7) is 4.91. The summed E-state index contributed by atoms with van der Waals surface area (Å²) >= 11 is 0. The van der Waals surface area contributed by atoms with Crippen LogP contribution in [-0.2, 0) is 0 Å². The van der Waals surface area contributed by atoms with E-state index in [-0.39, 0.29) is 0 Å². The van der Waals surface area contributed by atoms with Crippen LogP contribution in [0.1, 0.15) is 39.0 Å². The van der Waals surface area contributed by atoms with Crippen molar-refractivity contribution in [2.24, 2.45) is 11.8 Å². The highest BCUT2D eigenvalue weighted by Gasteiger charge is 2.19. The zero-order chi connectivity index (χ0) is 9.10. The van der Waals surface area contributed by atoms with Crippen LogP contribution in [0, 0.1) is 11.8 Å².